The highest BCUT2D eigenvalue weighted by Crippen LogP contribution is 1.99. The maximum Gasteiger partial charge on any atom is 0.0543 e. The smallest absolute Gasteiger partial charge is 0.0543 e. The van der Waals surface area contributed by atoms with E-state index in [0.29, 0.717) is 0 Å². The van der Waals surface area contributed by atoms with Gasteiger partial charge in [-0.2, -0.15) is 0 Å². The van der Waals surface area contributed by atoms with Crippen LogP contribution in [0.5, 0.6) is 0 Å². The summed E-state index contributed by atoms with van der Waals surface area (Å²) in [7, 11) is 2.12. The standard InChI is InChI=1S/C16H21N3/c1-19(14-16-9-5-6-10-18-16)12-11-17-13-15-7-3-2-4-8-15/h2-10,17H,11-14H2,1H3. The zero-order valence-corrected chi connectivity index (χ0v) is 11.4. The molecule has 2 rings (SSSR count). The molecule has 3 nitrogen and oxygen atoms in total. The number of hydrogen-bond acceptors (Lipinski definition) is 3. The minimum Gasteiger partial charge on any atom is -0.311 e. The Bertz CT molecular complexity index is 456. The molecule has 0 radical (unpaired) electrons. The number of rotatable bonds is 7. The van der Waals surface area contributed by atoms with Gasteiger partial charge in [0.15, 0.2) is 0 Å². The van der Waals surface area contributed by atoms with E-state index in [1.807, 2.05) is 24.4 Å². The van der Waals surface area contributed by atoms with E-state index < -0.39 is 0 Å². The van der Waals surface area contributed by atoms with Crippen molar-refractivity contribution in [3.05, 3.63) is 66.0 Å². The Balaban J connectivity index is 1.63. The maximum absolute atomic E-state index is 4.33. The number of nitrogens with zero attached hydrogens (tertiary/aromatic N) is 2. The van der Waals surface area contributed by atoms with Crippen molar-refractivity contribution in [2.24, 2.45) is 0 Å². The molecule has 100 valence electrons. The first-order valence-electron chi connectivity index (χ1n) is 6.68. The second-order valence-electron chi connectivity index (χ2n) is 4.72. The van der Waals surface area contributed by atoms with Gasteiger partial charge in [-0.15, -0.1) is 0 Å². The highest BCUT2D eigenvalue weighted by Gasteiger charge is 2.00. The molecule has 0 fully saturated rings. The largest absolute Gasteiger partial charge is 0.311 e. The summed E-state index contributed by atoms with van der Waals surface area (Å²) < 4.78 is 0. The zero-order valence-electron chi connectivity index (χ0n) is 11.4. The molecule has 0 saturated carbocycles. The lowest BCUT2D eigenvalue weighted by atomic mass is 10.2. The van der Waals surface area contributed by atoms with Gasteiger partial charge in [0.25, 0.3) is 0 Å². The minimum atomic E-state index is 0.897. The monoisotopic (exact) mass is 255 g/mol. The van der Waals surface area contributed by atoms with Crippen LogP contribution in [0.25, 0.3) is 0 Å². The van der Waals surface area contributed by atoms with Crippen molar-refractivity contribution < 1.29 is 0 Å². The van der Waals surface area contributed by atoms with Crippen molar-refractivity contribution in [3.63, 3.8) is 0 Å². The molecule has 1 aromatic carbocycles. The van der Waals surface area contributed by atoms with Crippen LogP contribution < -0.4 is 5.32 Å². The topological polar surface area (TPSA) is 28.2 Å². The molecule has 1 N–H and O–H groups in total. The summed E-state index contributed by atoms with van der Waals surface area (Å²) in [6.07, 6.45) is 1.84. The second kappa shape index (κ2) is 7.67. The quantitative estimate of drug-likeness (QED) is 0.770. The van der Waals surface area contributed by atoms with Gasteiger partial charge in [0.1, 0.15) is 0 Å². The Labute approximate surface area is 115 Å². The van der Waals surface area contributed by atoms with E-state index in [9.17, 15) is 0 Å². The predicted octanol–water partition coefficient (Wildman–Crippen LogP) is 2.30. The van der Waals surface area contributed by atoms with Crippen molar-refractivity contribution in [1.82, 2.24) is 15.2 Å². The van der Waals surface area contributed by atoms with Crippen molar-refractivity contribution in [2.75, 3.05) is 20.1 Å². The summed E-state index contributed by atoms with van der Waals surface area (Å²) >= 11 is 0. The molecular weight excluding hydrogens is 234 g/mol. The van der Waals surface area contributed by atoms with E-state index >= 15 is 0 Å². The second-order valence-corrected chi connectivity index (χ2v) is 4.72. The lowest BCUT2D eigenvalue weighted by Crippen LogP contribution is -2.28. The highest BCUT2D eigenvalue weighted by molar-refractivity contribution is 5.14. The van der Waals surface area contributed by atoms with Gasteiger partial charge in [-0.1, -0.05) is 36.4 Å². The number of nitrogens with one attached hydrogen (secondary N) is 1. The van der Waals surface area contributed by atoms with Gasteiger partial charge in [-0.25, -0.2) is 0 Å². The molecule has 0 atom stereocenters. The summed E-state index contributed by atoms with van der Waals surface area (Å²) in [5, 5.41) is 3.46. The van der Waals surface area contributed by atoms with E-state index in [4.69, 9.17) is 0 Å². The van der Waals surface area contributed by atoms with Crippen LogP contribution in [0.1, 0.15) is 11.3 Å². The third-order valence-corrected chi connectivity index (χ3v) is 3.00. The van der Waals surface area contributed by atoms with Crippen molar-refractivity contribution >= 4 is 0 Å². The number of hydrogen-bond donors (Lipinski definition) is 1. The van der Waals surface area contributed by atoms with Crippen LogP contribution in [0.2, 0.25) is 0 Å². The van der Waals surface area contributed by atoms with Crippen LogP contribution in [0.3, 0.4) is 0 Å². The Morgan fingerprint density at radius 2 is 1.84 bits per heavy atom. The van der Waals surface area contributed by atoms with Gasteiger partial charge in [0.2, 0.25) is 0 Å². The number of likely N-dealkylation sites (N-methyl/N-ethyl adjacent to an activating group) is 1. The SMILES string of the molecule is CN(CCNCc1ccccc1)Cc1ccccn1. The van der Waals surface area contributed by atoms with Crippen LogP contribution >= 0.6 is 0 Å². The van der Waals surface area contributed by atoms with Crippen LogP contribution in [-0.4, -0.2) is 30.0 Å². The van der Waals surface area contributed by atoms with Crippen molar-refractivity contribution in [1.29, 1.82) is 0 Å². The van der Waals surface area contributed by atoms with Gasteiger partial charge in [0.05, 0.1) is 5.69 Å². The first-order valence-corrected chi connectivity index (χ1v) is 6.68. The molecule has 1 aromatic heterocycles. The van der Waals surface area contributed by atoms with Crippen LogP contribution in [-0.2, 0) is 13.1 Å². The van der Waals surface area contributed by atoms with Crippen LogP contribution in [0.4, 0.5) is 0 Å². The lowest BCUT2D eigenvalue weighted by Gasteiger charge is -2.16. The average molecular weight is 255 g/mol. The fraction of sp³-hybridized carbons (Fsp3) is 0.312. The van der Waals surface area contributed by atoms with Crippen LogP contribution in [0, 0.1) is 0 Å². The molecule has 1 heterocycles. The molecule has 0 amide bonds. The van der Waals surface area contributed by atoms with E-state index in [1.54, 1.807) is 0 Å². The highest BCUT2D eigenvalue weighted by atomic mass is 15.1. The third kappa shape index (κ3) is 5.20. The fourth-order valence-corrected chi connectivity index (χ4v) is 1.95. The summed E-state index contributed by atoms with van der Waals surface area (Å²) in [5.74, 6) is 0. The molecule has 2 aromatic rings. The first-order chi connectivity index (χ1) is 9.34. The van der Waals surface area contributed by atoms with Crippen molar-refractivity contribution in [2.45, 2.75) is 13.1 Å². The Morgan fingerprint density at radius 1 is 1.05 bits per heavy atom. The normalized spacial score (nSPS) is 10.8. The molecule has 0 aliphatic rings. The molecule has 0 aliphatic carbocycles. The first kappa shape index (κ1) is 13.7. The van der Waals surface area contributed by atoms with Gasteiger partial charge < -0.3 is 5.32 Å². The minimum absolute atomic E-state index is 0.897. The summed E-state index contributed by atoms with van der Waals surface area (Å²) in [5.41, 5.74) is 2.45. The summed E-state index contributed by atoms with van der Waals surface area (Å²) in [6.45, 7) is 3.83. The van der Waals surface area contributed by atoms with Gasteiger partial charge >= 0.3 is 0 Å². The summed E-state index contributed by atoms with van der Waals surface area (Å²) in [6, 6.07) is 16.5. The van der Waals surface area contributed by atoms with E-state index in [0.717, 1.165) is 31.9 Å². The Kier molecular flexibility index (Phi) is 5.53. The molecule has 19 heavy (non-hydrogen) atoms. The predicted molar refractivity (Wildman–Crippen MR) is 78.7 cm³/mol. The van der Waals surface area contributed by atoms with E-state index in [2.05, 4.69) is 52.6 Å². The van der Waals surface area contributed by atoms with E-state index in [1.165, 1.54) is 5.56 Å². The Morgan fingerprint density at radius 3 is 2.58 bits per heavy atom. The van der Waals surface area contributed by atoms with Gasteiger partial charge in [0, 0.05) is 32.4 Å². The zero-order chi connectivity index (χ0) is 13.3. The fourth-order valence-electron chi connectivity index (χ4n) is 1.95. The number of pyridine rings is 1. The van der Waals surface area contributed by atoms with Gasteiger partial charge in [-0.05, 0) is 24.7 Å². The average Bonchev–Trinajstić information content (AvgIpc) is 2.46. The maximum atomic E-state index is 4.33. The number of benzene rings is 1. The molecule has 3 heteroatoms. The van der Waals surface area contributed by atoms with Gasteiger partial charge in [-0.3, -0.25) is 9.88 Å². The Hall–Kier alpha value is -1.71. The van der Waals surface area contributed by atoms with Crippen LogP contribution in [0.15, 0.2) is 54.7 Å². The molecule has 0 bridgehead atoms. The molecule has 0 saturated heterocycles. The molecule has 0 aliphatic heterocycles. The lowest BCUT2D eigenvalue weighted by molar-refractivity contribution is 0.320. The third-order valence-electron chi connectivity index (χ3n) is 3.00. The van der Waals surface area contributed by atoms with Crippen molar-refractivity contribution in [3.8, 4) is 0 Å². The van der Waals surface area contributed by atoms with E-state index in [-0.39, 0.29) is 0 Å². The summed E-state index contributed by atoms with van der Waals surface area (Å²) in [4.78, 5) is 6.61. The molecule has 0 spiro atoms. The number of aromatic nitrogens is 1. The molecule has 0 unspecified atom stereocenters. The molecular formula is C16H21N3.